The molecule has 0 amide bonds. The highest BCUT2D eigenvalue weighted by Crippen LogP contribution is 2.16. The van der Waals surface area contributed by atoms with Crippen molar-refractivity contribution in [3.05, 3.63) is 59.8 Å². The molecule has 1 fully saturated rings. The van der Waals surface area contributed by atoms with Crippen molar-refractivity contribution in [2.75, 3.05) is 38.2 Å². The van der Waals surface area contributed by atoms with E-state index in [2.05, 4.69) is 77.4 Å². The second-order valence-corrected chi connectivity index (χ2v) is 7.16. The van der Waals surface area contributed by atoms with Crippen molar-refractivity contribution < 1.29 is 4.74 Å². The first-order valence-electron chi connectivity index (χ1n) is 10.0. The number of anilines is 1. The van der Waals surface area contributed by atoms with Crippen molar-refractivity contribution in [1.82, 2.24) is 15.2 Å². The summed E-state index contributed by atoms with van der Waals surface area (Å²) in [6.07, 6.45) is 2.18. The Hall–Kier alpha value is -1.87. The molecule has 0 aliphatic carbocycles. The second-order valence-electron chi connectivity index (χ2n) is 7.16. The Morgan fingerprint density at radius 1 is 1.24 bits per heavy atom. The van der Waals surface area contributed by atoms with Crippen LogP contribution >= 0.6 is 24.0 Å². The second kappa shape index (κ2) is 12.0. The zero-order valence-corrected chi connectivity index (χ0v) is 19.9. The van der Waals surface area contributed by atoms with E-state index in [1.54, 1.807) is 0 Å². The Morgan fingerprint density at radius 3 is 2.69 bits per heavy atom. The number of hydrogen-bond donors (Lipinski definition) is 1. The topological polar surface area (TPSA) is 53.0 Å². The summed E-state index contributed by atoms with van der Waals surface area (Å²) in [5, 5.41) is 3.37. The number of ether oxygens (including phenoxy) is 1. The van der Waals surface area contributed by atoms with E-state index >= 15 is 0 Å². The molecular weight excluding hydrogens is 477 g/mol. The van der Waals surface area contributed by atoms with Gasteiger partial charge in [0.1, 0.15) is 5.82 Å². The predicted molar refractivity (Wildman–Crippen MR) is 130 cm³/mol. The van der Waals surface area contributed by atoms with Gasteiger partial charge in [0.2, 0.25) is 0 Å². The van der Waals surface area contributed by atoms with Crippen LogP contribution in [-0.2, 0) is 17.8 Å². The summed E-state index contributed by atoms with van der Waals surface area (Å²) in [6.45, 7) is 8.99. The number of morpholine rings is 1. The van der Waals surface area contributed by atoms with Gasteiger partial charge >= 0.3 is 0 Å². The van der Waals surface area contributed by atoms with Gasteiger partial charge in [-0.2, -0.15) is 0 Å². The minimum atomic E-state index is 0. The standard InChI is InChI=1S/C22H31N5O.HI/c1-4-23-22(26(3)17-19-8-6-5-7-9-19)25-15-20-10-11-21(24-14-20)27-12-13-28-18(2)16-27;/h5-11,14,18H,4,12-13,15-17H2,1-3H3,(H,23,25);1H. The largest absolute Gasteiger partial charge is 0.375 e. The maximum absolute atomic E-state index is 5.61. The lowest BCUT2D eigenvalue weighted by atomic mass is 10.2. The minimum Gasteiger partial charge on any atom is -0.375 e. The summed E-state index contributed by atoms with van der Waals surface area (Å²) in [5.74, 6) is 1.91. The van der Waals surface area contributed by atoms with E-state index in [-0.39, 0.29) is 30.1 Å². The average molecular weight is 509 g/mol. The van der Waals surface area contributed by atoms with Crippen LogP contribution in [0.2, 0.25) is 0 Å². The van der Waals surface area contributed by atoms with Gasteiger partial charge in [-0.1, -0.05) is 36.4 Å². The fourth-order valence-electron chi connectivity index (χ4n) is 3.29. The fraction of sp³-hybridized carbons (Fsp3) is 0.455. The summed E-state index contributed by atoms with van der Waals surface area (Å²) in [4.78, 5) is 13.9. The molecule has 158 valence electrons. The monoisotopic (exact) mass is 509 g/mol. The number of pyridine rings is 1. The lowest BCUT2D eigenvalue weighted by molar-refractivity contribution is 0.0529. The molecule has 29 heavy (non-hydrogen) atoms. The smallest absolute Gasteiger partial charge is 0.194 e. The maximum Gasteiger partial charge on any atom is 0.194 e. The van der Waals surface area contributed by atoms with Gasteiger partial charge in [-0.15, -0.1) is 24.0 Å². The summed E-state index contributed by atoms with van der Waals surface area (Å²) >= 11 is 0. The molecule has 2 aromatic rings. The molecule has 3 rings (SSSR count). The van der Waals surface area contributed by atoms with Crippen molar-refractivity contribution in [3.8, 4) is 0 Å². The summed E-state index contributed by atoms with van der Waals surface area (Å²) < 4.78 is 5.61. The van der Waals surface area contributed by atoms with E-state index in [9.17, 15) is 0 Å². The fourth-order valence-corrected chi connectivity index (χ4v) is 3.29. The number of nitrogens with one attached hydrogen (secondary N) is 1. The predicted octanol–water partition coefficient (Wildman–Crippen LogP) is 3.52. The number of aromatic nitrogens is 1. The Balaban J connectivity index is 0.00000300. The maximum atomic E-state index is 5.61. The zero-order valence-electron chi connectivity index (χ0n) is 17.5. The molecule has 0 bridgehead atoms. The summed E-state index contributed by atoms with van der Waals surface area (Å²) in [7, 11) is 2.06. The van der Waals surface area contributed by atoms with Crippen molar-refractivity contribution in [2.24, 2.45) is 4.99 Å². The molecule has 1 aliphatic rings. The highest BCUT2D eigenvalue weighted by atomic mass is 127. The molecular formula is C22H32IN5O. The zero-order chi connectivity index (χ0) is 19.8. The number of nitrogens with zero attached hydrogens (tertiary/aromatic N) is 4. The average Bonchev–Trinajstić information content (AvgIpc) is 2.72. The van der Waals surface area contributed by atoms with E-state index in [1.807, 2.05) is 12.3 Å². The lowest BCUT2D eigenvalue weighted by Gasteiger charge is -2.32. The molecule has 1 unspecified atom stereocenters. The quantitative estimate of drug-likeness (QED) is 0.367. The van der Waals surface area contributed by atoms with Gasteiger partial charge in [-0.3, -0.25) is 0 Å². The van der Waals surface area contributed by atoms with Gasteiger partial charge in [0, 0.05) is 39.4 Å². The Morgan fingerprint density at radius 2 is 2.03 bits per heavy atom. The molecule has 6 nitrogen and oxygen atoms in total. The van der Waals surface area contributed by atoms with Gasteiger partial charge < -0.3 is 19.9 Å². The third-order valence-corrected chi connectivity index (χ3v) is 4.74. The van der Waals surface area contributed by atoms with Crippen molar-refractivity contribution >= 4 is 35.8 Å². The molecule has 1 aromatic heterocycles. The van der Waals surface area contributed by atoms with E-state index in [4.69, 9.17) is 9.73 Å². The van der Waals surface area contributed by atoms with Crippen LogP contribution in [0.5, 0.6) is 0 Å². The summed E-state index contributed by atoms with van der Waals surface area (Å²) in [6, 6.07) is 14.6. The molecule has 0 spiro atoms. The first-order chi connectivity index (χ1) is 13.7. The van der Waals surface area contributed by atoms with Crippen LogP contribution in [0.3, 0.4) is 0 Å². The molecule has 1 saturated heterocycles. The summed E-state index contributed by atoms with van der Waals surface area (Å²) in [5.41, 5.74) is 2.37. The van der Waals surface area contributed by atoms with Gasteiger partial charge in [0.15, 0.2) is 5.96 Å². The van der Waals surface area contributed by atoms with Crippen LogP contribution in [0.15, 0.2) is 53.7 Å². The molecule has 0 radical (unpaired) electrons. The Bertz CT molecular complexity index is 754. The Kier molecular flexibility index (Phi) is 9.66. The van der Waals surface area contributed by atoms with Gasteiger partial charge in [-0.05, 0) is 31.0 Å². The van der Waals surface area contributed by atoms with E-state index in [0.29, 0.717) is 6.54 Å². The number of rotatable bonds is 6. The third kappa shape index (κ3) is 7.15. The van der Waals surface area contributed by atoms with Gasteiger partial charge in [0.25, 0.3) is 0 Å². The van der Waals surface area contributed by atoms with E-state index < -0.39 is 0 Å². The first kappa shape index (κ1) is 23.4. The van der Waals surface area contributed by atoms with Crippen LogP contribution in [0.1, 0.15) is 25.0 Å². The highest BCUT2D eigenvalue weighted by molar-refractivity contribution is 14.0. The van der Waals surface area contributed by atoms with Crippen LogP contribution in [0.25, 0.3) is 0 Å². The van der Waals surface area contributed by atoms with E-state index in [0.717, 1.165) is 50.1 Å². The third-order valence-electron chi connectivity index (χ3n) is 4.74. The van der Waals surface area contributed by atoms with Crippen molar-refractivity contribution in [2.45, 2.75) is 33.0 Å². The van der Waals surface area contributed by atoms with Gasteiger partial charge in [0.05, 0.1) is 19.3 Å². The molecule has 7 heteroatoms. The van der Waals surface area contributed by atoms with Crippen LogP contribution in [0.4, 0.5) is 5.82 Å². The first-order valence-corrected chi connectivity index (χ1v) is 10.0. The normalized spacial score (nSPS) is 16.9. The number of aliphatic imine (C=N–C) groups is 1. The van der Waals surface area contributed by atoms with Crippen LogP contribution in [0, 0.1) is 0 Å². The molecule has 1 aromatic carbocycles. The van der Waals surface area contributed by atoms with Crippen molar-refractivity contribution in [3.63, 3.8) is 0 Å². The molecule has 2 heterocycles. The molecule has 1 aliphatic heterocycles. The van der Waals surface area contributed by atoms with Gasteiger partial charge in [-0.25, -0.2) is 9.98 Å². The number of hydrogen-bond acceptors (Lipinski definition) is 4. The molecule has 1 atom stereocenters. The van der Waals surface area contributed by atoms with Crippen LogP contribution < -0.4 is 10.2 Å². The SMILES string of the molecule is CCNC(=NCc1ccc(N2CCOC(C)C2)nc1)N(C)Cc1ccccc1.I. The molecule has 1 N–H and O–H groups in total. The highest BCUT2D eigenvalue weighted by Gasteiger charge is 2.17. The number of halogens is 1. The number of guanidine groups is 1. The Labute approximate surface area is 191 Å². The van der Waals surface area contributed by atoms with E-state index in [1.165, 1.54) is 5.56 Å². The molecule has 0 saturated carbocycles. The number of benzene rings is 1. The minimum absolute atomic E-state index is 0. The van der Waals surface area contributed by atoms with Crippen molar-refractivity contribution in [1.29, 1.82) is 0 Å². The lowest BCUT2D eigenvalue weighted by Crippen LogP contribution is -2.41. The van der Waals surface area contributed by atoms with Crippen LogP contribution in [-0.4, -0.2) is 55.2 Å².